The number of furan rings is 2. The first kappa shape index (κ1) is 39.9. The molecule has 13 aromatic rings. The molecule has 13 rings (SSSR count). The molecule has 10 aromatic carbocycles. The van der Waals surface area contributed by atoms with Gasteiger partial charge in [-0.2, -0.15) is 0 Å². The highest BCUT2D eigenvalue weighted by Gasteiger charge is 2.20. The summed E-state index contributed by atoms with van der Waals surface area (Å²) in [6.45, 7) is 0. The van der Waals surface area contributed by atoms with Crippen molar-refractivity contribution in [2.75, 3.05) is 4.90 Å². The first-order valence-electron chi connectivity index (χ1n) is 23.1. The van der Waals surface area contributed by atoms with Gasteiger partial charge in [0.05, 0.1) is 0 Å². The molecule has 0 spiro atoms. The molecule has 0 aliphatic carbocycles. The lowest BCUT2D eigenvalue weighted by molar-refractivity contribution is 0.669. The van der Waals surface area contributed by atoms with Crippen molar-refractivity contribution in [3.05, 3.63) is 243 Å². The minimum Gasteiger partial charge on any atom is -0.456 e. The van der Waals surface area contributed by atoms with E-state index in [1.165, 1.54) is 5.56 Å². The molecule has 0 bridgehead atoms. The highest BCUT2D eigenvalue weighted by Crippen LogP contribution is 2.42. The van der Waals surface area contributed by atoms with Gasteiger partial charge in [0.25, 0.3) is 0 Å². The van der Waals surface area contributed by atoms with E-state index >= 15 is 0 Å². The summed E-state index contributed by atoms with van der Waals surface area (Å²) in [6.07, 6.45) is 0. The lowest BCUT2D eigenvalue weighted by atomic mass is 9.99. The molecule has 0 amide bonds. The van der Waals surface area contributed by atoms with Crippen molar-refractivity contribution in [3.8, 4) is 67.5 Å². The topological polar surface area (TPSA) is 68.2 Å². The van der Waals surface area contributed by atoms with Gasteiger partial charge in [0.1, 0.15) is 22.3 Å². The molecule has 0 saturated carbocycles. The predicted molar refractivity (Wildman–Crippen MR) is 282 cm³/mol. The van der Waals surface area contributed by atoms with Crippen molar-refractivity contribution in [1.29, 1.82) is 0 Å². The van der Waals surface area contributed by atoms with Crippen molar-refractivity contribution >= 4 is 60.9 Å². The largest absolute Gasteiger partial charge is 0.456 e. The lowest BCUT2D eigenvalue weighted by Crippen LogP contribution is -2.09. The number of hydrogen-bond acceptors (Lipinski definition) is 6. The Bertz CT molecular complexity index is 3920. The Morgan fingerprint density at radius 3 is 1.36 bits per heavy atom. The summed E-state index contributed by atoms with van der Waals surface area (Å²) >= 11 is 0. The molecule has 3 heterocycles. The van der Waals surface area contributed by atoms with Gasteiger partial charge < -0.3 is 13.7 Å². The molecule has 0 fully saturated rings. The minimum absolute atomic E-state index is 0.585. The van der Waals surface area contributed by atoms with Crippen molar-refractivity contribution < 1.29 is 8.83 Å². The Kier molecular flexibility index (Phi) is 9.72. The van der Waals surface area contributed by atoms with Gasteiger partial charge in [-0.25, -0.2) is 15.0 Å². The third kappa shape index (κ3) is 7.28. The molecule has 0 aliphatic rings. The predicted octanol–water partition coefficient (Wildman–Crippen LogP) is 17.1. The zero-order valence-electron chi connectivity index (χ0n) is 37.2. The standard InChI is InChI=1S/C63H40N4O2/c1-4-14-41(15-5-1)42-26-33-48(34-27-42)67(50-37-30-44(31-38-50)51-21-12-22-53-52-20-10-11-24-56(52)69-60(51)53)49-35-28-43(29-36-49)47-32-39-57-55(40-47)59-54(23-13-25-58(59)68-57)63-65-61(45-16-6-2-7-17-45)64-62(66-63)46-18-8-3-9-19-46/h1-40H. The summed E-state index contributed by atoms with van der Waals surface area (Å²) in [6, 6.07) is 84.1. The van der Waals surface area contributed by atoms with Crippen LogP contribution in [0.25, 0.3) is 111 Å². The van der Waals surface area contributed by atoms with Crippen LogP contribution in [0.3, 0.4) is 0 Å². The zero-order valence-corrected chi connectivity index (χ0v) is 37.2. The number of fused-ring (bicyclic) bond motifs is 6. The molecule has 324 valence electrons. The number of anilines is 3. The van der Waals surface area contributed by atoms with E-state index in [1.54, 1.807) is 0 Å². The maximum absolute atomic E-state index is 6.51. The van der Waals surface area contributed by atoms with Crippen molar-refractivity contribution in [2.24, 2.45) is 0 Å². The molecule has 6 heteroatoms. The summed E-state index contributed by atoms with van der Waals surface area (Å²) < 4.78 is 12.9. The van der Waals surface area contributed by atoms with Crippen molar-refractivity contribution in [2.45, 2.75) is 0 Å². The van der Waals surface area contributed by atoms with Crippen LogP contribution in [0.1, 0.15) is 0 Å². The van der Waals surface area contributed by atoms with Crippen molar-refractivity contribution in [3.63, 3.8) is 0 Å². The number of nitrogens with zero attached hydrogens (tertiary/aromatic N) is 4. The molecule has 3 aromatic heterocycles. The van der Waals surface area contributed by atoms with E-state index in [2.05, 4.69) is 163 Å². The Balaban J connectivity index is 0.884. The number of hydrogen-bond donors (Lipinski definition) is 0. The normalized spacial score (nSPS) is 11.5. The summed E-state index contributed by atoms with van der Waals surface area (Å²) in [7, 11) is 0. The number of para-hydroxylation sites is 2. The molecule has 69 heavy (non-hydrogen) atoms. The summed E-state index contributed by atoms with van der Waals surface area (Å²) in [5, 5.41) is 4.19. The van der Waals surface area contributed by atoms with Gasteiger partial charge in [-0.3, -0.25) is 0 Å². The van der Waals surface area contributed by atoms with E-state index in [4.69, 9.17) is 23.8 Å². The lowest BCUT2D eigenvalue weighted by Gasteiger charge is -2.26. The first-order valence-corrected chi connectivity index (χ1v) is 23.1. The van der Waals surface area contributed by atoms with Gasteiger partial charge in [0.15, 0.2) is 17.5 Å². The molecule has 0 radical (unpaired) electrons. The van der Waals surface area contributed by atoms with Gasteiger partial charge in [0.2, 0.25) is 0 Å². The second-order valence-corrected chi connectivity index (χ2v) is 17.2. The maximum atomic E-state index is 6.51. The molecular formula is C63H40N4O2. The monoisotopic (exact) mass is 884 g/mol. The maximum Gasteiger partial charge on any atom is 0.164 e. The molecular weight excluding hydrogens is 845 g/mol. The van der Waals surface area contributed by atoms with Crippen LogP contribution in [-0.2, 0) is 0 Å². The second-order valence-electron chi connectivity index (χ2n) is 17.2. The fraction of sp³-hybridized carbons (Fsp3) is 0. The SMILES string of the molecule is c1ccc(-c2ccc(N(c3ccc(-c4ccc5oc6cccc(-c7nc(-c8ccccc8)nc(-c8ccccc8)n7)c6c5c4)cc3)c3ccc(-c4cccc5c4oc4ccccc45)cc3)cc2)cc1. The molecule has 0 unspecified atom stereocenters. The van der Waals surface area contributed by atoms with Gasteiger partial charge in [-0.1, -0.05) is 182 Å². The smallest absolute Gasteiger partial charge is 0.164 e. The molecule has 0 N–H and O–H groups in total. The minimum atomic E-state index is 0.585. The summed E-state index contributed by atoms with van der Waals surface area (Å²) in [5.74, 6) is 1.81. The Morgan fingerprint density at radius 1 is 0.275 bits per heavy atom. The summed E-state index contributed by atoms with van der Waals surface area (Å²) in [5.41, 5.74) is 15.9. The molecule has 0 aliphatic heterocycles. The summed E-state index contributed by atoms with van der Waals surface area (Å²) in [4.78, 5) is 17.4. The fourth-order valence-electron chi connectivity index (χ4n) is 9.57. The van der Waals surface area contributed by atoms with Crippen LogP contribution in [0.2, 0.25) is 0 Å². The van der Waals surface area contributed by atoms with Crippen LogP contribution in [-0.4, -0.2) is 15.0 Å². The van der Waals surface area contributed by atoms with E-state index in [1.807, 2.05) is 84.9 Å². The van der Waals surface area contributed by atoms with Gasteiger partial charge in [-0.05, 0) is 88.5 Å². The van der Waals surface area contributed by atoms with Crippen LogP contribution >= 0.6 is 0 Å². The number of benzene rings is 10. The Labute approximate surface area is 398 Å². The zero-order chi connectivity index (χ0) is 45.7. The van der Waals surface area contributed by atoms with Crippen LogP contribution in [0.15, 0.2) is 251 Å². The third-order valence-corrected chi connectivity index (χ3v) is 13.0. The van der Waals surface area contributed by atoms with Gasteiger partial charge in [0, 0.05) is 60.9 Å². The van der Waals surface area contributed by atoms with E-state index in [9.17, 15) is 0 Å². The second kappa shape index (κ2) is 16.8. The Morgan fingerprint density at radius 2 is 0.725 bits per heavy atom. The Hall–Kier alpha value is -9.39. The molecule has 0 saturated heterocycles. The van der Waals surface area contributed by atoms with Crippen molar-refractivity contribution in [1.82, 2.24) is 15.0 Å². The molecule has 0 atom stereocenters. The fourth-order valence-corrected chi connectivity index (χ4v) is 9.57. The van der Waals surface area contributed by atoms with Crippen LogP contribution in [0.5, 0.6) is 0 Å². The molecule has 6 nitrogen and oxygen atoms in total. The highest BCUT2D eigenvalue weighted by molar-refractivity contribution is 6.13. The number of aromatic nitrogens is 3. The van der Waals surface area contributed by atoms with Crippen LogP contribution in [0, 0.1) is 0 Å². The average Bonchev–Trinajstić information content (AvgIpc) is 4.01. The van der Waals surface area contributed by atoms with E-state index in [-0.39, 0.29) is 0 Å². The van der Waals surface area contributed by atoms with Crippen LogP contribution in [0.4, 0.5) is 17.1 Å². The highest BCUT2D eigenvalue weighted by atomic mass is 16.3. The average molecular weight is 885 g/mol. The number of rotatable bonds is 9. The van der Waals surface area contributed by atoms with E-state index in [0.29, 0.717) is 17.5 Å². The van der Waals surface area contributed by atoms with Gasteiger partial charge in [-0.15, -0.1) is 0 Å². The first-order chi connectivity index (χ1) is 34.2. The van der Waals surface area contributed by atoms with Gasteiger partial charge >= 0.3 is 0 Å². The quantitative estimate of drug-likeness (QED) is 0.144. The third-order valence-electron chi connectivity index (χ3n) is 13.0. The van der Waals surface area contributed by atoms with Crippen LogP contribution < -0.4 is 4.90 Å². The van der Waals surface area contributed by atoms with E-state index < -0.39 is 0 Å². The van der Waals surface area contributed by atoms with E-state index in [0.717, 1.165) is 105 Å².